The minimum absolute atomic E-state index is 0.836. The zero-order chi connectivity index (χ0) is 30.4. The van der Waals surface area contributed by atoms with Gasteiger partial charge in [-0.3, -0.25) is 0 Å². The highest BCUT2D eigenvalue weighted by atomic mass is 14.7. The summed E-state index contributed by atoms with van der Waals surface area (Å²) in [6, 6.07) is 49.4. The maximum Gasteiger partial charge on any atom is 0.0781 e. The first-order valence-electron chi connectivity index (χ1n) is 14.8. The van der Waals surface area contributed by atoms with E-state index in [4.69, 9.17) is 10.7 Å². The van der Waals surface area contributed by atoms with Gasteiger partial charge in [0.1, 0.15) is 0 Å². The molecule has 214 valence electrons. The number of nitrogens with zero attached hydrogens (tertiary/aromatic N) is 1. The predicted octanol–water partition coefficient (Wildman–Crippen LogP) is 10.5. The van der Waals surface area contributed by atoms with Crippen LogP contribution in [0, 0.1) is 0 Å². The highest BCUT2D eigenvalue weighted by Crippen LogP contribution is 2.27. The molecule has 2 N–H and O–H groups in total. The molecule has 0 radical (unpaired) electrons. The molecule has 2 nitrogen and oxygen atoms in total. The van der Waals surface area contributed by atoms with Crippen molar-refractivity contribution in [1.82, 2.24) is 0 Å². The smallest absolute Gasteiger partial charge is 0.0781 e. The van der Waals surface area contributed by atoms with Gasteiger partial charge in [-0.05, 0) is 52.5 Å². The summed E-state index contributed by atoms with van der Waals surface area (Å²) in [6.45, 7) is 3.80. The highest BCUT2D eigenvalue weighted by Gasteiger charge is 2.08. The standard InChI is InChI=1S/C21H19N.C21H17N/c22-20-14-12-19(13-15-20)21(18-9-5-2-6-10-18)16-11-17-7-3-1-4-8-17;1-2-17-13-15-19(16-14-17)21(18-9-5-3-6-10-18)22-20-11-7-4-8-12-20/h1-12,14-16H,13,22H2;2-16H,1H2. The van der Waals surface area contributed by atoms with Crippen LogP contribution in [0.2, 0.25) is 0 Å². The molecule has 0 heterocycles. The number of aliphatic imine (C=N–C) groups is 1. The Morgan fingerprint density at radius 1 is 0.591 bits per heavy atom. The molecule has 1 aliphatic rings. The Morgan fingerprint density at radius 3 is 1.70 bits per heavy atom. The van der Waals surface area contributed by atoms with Gasteiger partial charge in [-0.2, -0.15) is 0 Å². The molecule has 0 aliphatic heterocycles. The molecule has 0 amide bonds. The molecule has 0 fully saturated rings. The largest absolute Gasteiger partial charge is 0.399 e. The van der Waals surface area contributed by atoms with Crippen molar-refractivity contribution in [2.24, 2.45) is 10.7 Å². The summed E-state index contributed by atoms with van der Waals surface area (Å²) in [7, 11) is 0. The quantitative estimate of drug-likeness (QED) is 0.195. The van der Waals surface area contributed by atoms with Crippen LogP contribution in [-0.2, 0) is 0 Å². The average molecular weight is 569 g/mol. The first-order valence-corrected chi connectivity index (χ1v) is 14.8. The fourth-order valence-corrected chi connectivity index (χ4v) is 4.81. The van der Waals surface area contributed by atoms with Gasteiger partial charge in [-0.1, -0.05) is 170 Å². The van der Waals surface area contributed by atoms with Crippen molar-refractivity contribution in [3.05, 3.63) is 216 Å². The second-order valence-corrected chi connectivity index (χ2v) is 10.3. The molecule has 6 rings (SSSR count). The number of rotatable bonds is 7. The van der Waals surface area contributed by atoms with Gasteiger partial charge in [0.15, 0.2) is 0 Å². The van der Waals surface area contributed by atoms with Gasteiger partial charge < -0.3 is 5.73 Å². The maximum atomic E-state index is 5.83. The third-order valence-electron chi connectivity index (χ3n) is 7.17. The van der Waals surface area contributed by atoms with E-state index < -0.39 is 0 Å². The Kier molecular flexibility index (Phi) is 10.5. The van der Waals surface area contributed by atoms with Crippen molar-refractivity contribution in [1.29, 1.82) is 0 Å². The molecule has 0 spiro atoms. The van der Waals surface area contributed by atoms with E-state index in [0.717, 1.165) is 40.2 Å². The van der Waals surface area contributed by atoms with Crippen molar-refractivity contribution < 1.29 is 0 Å². The Morgan fingerprint density at radius 2 is 1.14 bits per heavy atom. The zero-order valence-corrected chi connectivity index (χ0v) is 24.8. The van der Waals surface area contributed by atoms with Gasteiger partial charge in [0.05, 0.1) is 11.4 Å². The van der Waals surface area contributed by atoms with E-state index in [1.165, 1.54) is 22.3 Å². The van der Waals surface area contributed by atoms with Gasteiger partial charge in [0, 0.05) is 16.8 Å². The fraction of sp³-hybridized carbons (Fsp3) is 0.0238. The van der Waals surface area contributed by atoms with E-state index in [9.17, 15) is 0 Å². The third-order valence-corrected chi connectivity index (χ3v) is 7.17. The van der Waals surface area contributed by atoms with E-state index in [2.05, 4.69) is 116 Å². The summed E-state index contributed by atoms with van der Waals surface area (Å²) >= 11 is 0. The number of nitrogens with two attached hydrogens (primary N) is 1. The van der Waals surface area contributed by atoms with Crippen molar-refractivity contribution in [3.63, 3.8) is 0 Å². The van der Waals surface area contributed by atoms with Crippen LogP contribution < -0.4 is 5.73 Å². The minimum Gasteiger partial charge on any atom is -0.399 e. The summed E-state index contributed by atoms with van der Waals surface area (Å²) < 4.78 is 0. The zero-order valence-electron chi connectivity index (χ0n) is 24.8. The van der Waals surface area contributed by atoms with Gasteiger partial charge in [0.25, 0.3) is 0 Å². The van der Waals surface area contributed by atoms with Gasteiger partial charge in [-0.15, -0.1) is 0 Å². The lowest BCUT2D eigenvalue weighted by molar-refractivity contribution is 1.20. The lowest BCUT2D eigenvalue weighted by atomic mass is 9.94. The summed E-state index contributed by atoms with van der Waals surface area (Å²) in [6.07, 6.45) is 13.2. The fourth-order valence-electron chi connectivity index (χ4n) is 4.81. The molecule has 0 saturated heterocycles. The summed E-state index contributed by atoms with van der Waals surface area (Å²) in [5, 5.41) is 0. The number of allylic oxidation sites excluding steroid dienone is 6. The predicted molar refractivity (Wildman–Crippen MR) is 190 cm³/mol. The molecule has 0 bridgehead atoms. The van der Waals surface area contributed by atoms with Crippen molar-refractivity contribution in [3.8, 4) is 0 Å². The Labute approximate surface area is 261 Å². The second-order valence-electron chi connectivity index (χ2n) is 10.3. The highest BCUT2D eigenvalue weighted by molar-refractivity contribution is 6.14. The molecular formula is C42H36N2. The molecule has 0 unspecified atom stereocenters. The lowest BCUT2D eigenvalue weighted by Gasteiger charge is -2.12. The summed E-state index contributed by atoms with van der Waals surface area (Å²) in [5.41, 5.74) is 16.9. The Hall–Kier alpha value is -5.73. The molecular weight excluding hydrogens is 532 g/mol. The number of hydrogen-bond acceptors (Lipinski definition) is 2. The van der Waals surface area contributed by atoms with Crippen LogP contribution in [0.5, 0.6) is 0 Å². The third kappa shape index (κ3) is 8.40. The Bertz CT molecular complexity index is 1790. The van der Waals surface area contributed by atoms with Gasteiger partial charge >= 0.3 is 0 Å². The van der Waals surface area contributed by atoms with Crippen LogP contribution in [0.3, 0.4) is 0 Å². The van der Waals surface area contributed by atoms with Crippen molar-refractivity contribution >= 4 is 29.1 Å². The maximum absolute atomic E-state index is 5.83. The van der Waals surface area contributed by atoms with Crippen LogP contribution in [0.15, 0.2) is 193 Å². The van der Waals surface area contributed by atoms with Crippen molar-refractivity contribution in [2.45, 2.75) is 6.42 Å². The molecule has 1 aliphatic carbocycles. The second kappa shape index (κ2) is 15.5. The molecule has 44 heavy (non-hydrogen) atoms. The summed E-state index contributed by atoms with van der Waals surface area (Å²) in [5.74, 6) is 0. The first-order chi connectivity index (χ1) is 21.7. The molecule has 0 saturated carbocycles. The summed E-state index contributed by atoms with van der Waals surface area (Å²) in [4.78, 5) is 4.85. The first kappa shape index (κ1) is 29.8. The minimum atomic E-state index is 0.836. The van der Waals surface area contributed by atoms with E-state index in [1.54, 1.807) is 0 Å². The topological polar surface area (TPSA) is 38.4 Å². The van der Waals surface area contributed by atoms with Crippen LogP contribution >= 0.6 is 0 Å². The number of para-hydroxylation sites is 1. The SMILES string of the molecule is C=Cc1ccc(C(=Nc2ccccc2)c2ccccc2)cc1.NC1=CCC(=C(C=Cc2ccccc2)c2ccccc2)C=C1. The van der Waals surface area contributed by atoms with Crippen LogP contribution in [-0.4, -0.2) is 5.71 Å². The lowest BCUT2D eigenvalue weighted by Crippen LogP contribution is -2.02. The molecule has 5 aromatic rings. The molecule has 0 atom stereocenters. The normalized spacial score (nSPS) is 13.9. The van der Waals surface area contributed by atoms with E-state index in [0.29, 0.717) is 0 Å². The monoisotopic (exact) mass is 568 g/mol. The van der Waals surface area contributed by atoms with Gasteiger partial charge in [-0.25, -0.2) is 4.99 Å². The van der Waals surface area contributed by atoms with Crippen molar-refractivity contribution in [2.75, 3.05) is 0 Å². The van der Waals surface area contributed by atoms with Crippen LogP contribution in [0.25, 0.3) is 17.7 Å². The van der Waals surface area contributed by atoms with E-state index in [1.807, 2.05) is 72.8 Å². The van der Waals surface area contributed by atoms with Crippen LogP contribution in [0.4, 0.5) is 5.69 Å². The van der Waals surface area contributed by atoms with E-state index >= 15 is 0 Å². The van der Waals surface area contributed by atoms with Crippen LogP contribution in [0.1, 0.15) is 34.2 Å². The number of hydrogen-bond donors (Lipinski definition) is 1. The molecule has 5 aromatic carbocycles. The Balaban J connectivity index is 0.000000175. The number of benzene rings is 5. The molecule has 0 aromatic heterocycles. The average Bonchev–Trinajstić information content (AvgIpc) is 3.10. The van der Waals surface area contributed by atoms with Gasteiger partial charge in [0.2, 0.25) is 0 Å². The molecule has 2 heteroatoms. The van der Waals surface area contributed by atoms with E-state index in [-0.39, 0.29) is 0 Å².